The molecule has 0 radical (unpaired) electrons. The number of rotatable bonds is 4. The minimum atomic E-state index is 0.00519. The van der Waals surface area contributed by atoms with E-state index in [4.69, 9.17) is 5.73 Å². The zero-order valence-electron chi connectivity index (χ0n) is 12.2. The maximum Gasteiger partial charge on any atom is 0.123 e. The van der Waals surface area contributed by atoms with Crippen molar-refractivity contribution in [1.29, 1.82) is 0 Å². The average Bonchev–Trinajstić information content (AvgIpc) is 2.83. The largest absolute Gasteiger partial charge is 0.341 e. The molecule has 0 bridgehead atoms. The molecule has 102 valence electrons. The van der Waals surface area contributed by atoms with Crippen molar-refractivity contribution >= 4 is 0 Å². The van der Waals surface area contributed by atoms with Crippen LogP contribution in [0.15, 0.2) is 18.3 Å². The molecule has 0 spiro atoms. The highest BCUT2D eigenvalue weighted by atomic mass is 15.0. The number of hydrogen-bond acceptors (Lipinski definition) is 2. The van der Waals surface area contributed by atoms with Crippen LogP contribution in [-0.2, 0) is 0 Å². The summed E-state index contributed by atoms with van der Waals surface area (Å²) in [6.45, 7) is 8.55. The Kier molecular flexibility index (Phi) is 4.05. The fourth-order valence-electron chi connectivity index (χ4n) is 2.36. The van der Waals surface area contributed by atoms with Crippen LogP contribution in [0.4, 0.5) is 0 Å². The molecule has 2 aromatic rings. The van der Waals surface area contributed by atoms with E-state index in [9.17, 15) is 0 Å². The van der Waals surface area contributed by atoms with Crippen LogP contribution in [0.5, 0.6) is 0 Å². The molecule has 0 saturated carbocycles. The second kappa shape index (κ2) is 5.57. The minimum absolute atomic E-state index is 0.00519. The Bertz CT molecular complexity index is 569. The summed E-state index contributed by atoms with van der Waals surface area (Å²) >= 11 is 0. The molecular weight excluding hydrogens is 234 g/mol. The summed E-state index contributed by atoms with van der Waals surface area (Å²) in [6.07, 6.45) is 3.92. The molecule has 0 aliphatic heterocycles. The molecule has 19 heavy (non-hydrogen) atoms. The van der Waals surface area contributed by atoms with E-state index in [0.717, 1.165) is 24.4 Å². The molecule has 1 aromatic heterocycles. The third-order valence-electron chi connectivity index (χ3n) is 3.68. The van der Waals surface area contributed by atoms with Crippen LogP contribution in [-0.4, -0.2) is 9.97 Å². The first kappa shape index (κ1) is 13.8. The summed E-state index contributed by atoms with van der Waals surface area (Å²) in [4.78, 5) is 7.79. The van der Waals surface area contributed by atoms with Gasteiger partial charge in [0.25, 0.3) is 0 Å². The van der Waals surface area contributed by atoms with E-state index in [1.807, 2.05) is 6.20 Å². The number of aryl methyl sites for hydroxylation is 3. The van der Waals surface area contributed by atoms with Crippen molar-refractivity contribution in [3.05, 3.63) is 40.8 Å². The Morgan fingerprint density at radius 1 is 1.16 bits per heavy atom. The van der Waals surface area contributed by atoms with Gasteiger partial charge < -0.3 is 10.7 Å². The van der Waals surface area contributed by atoms with Crippen LogP contribution in [0, 0.1) is 20.8 Å². The number of nitrogens with zero attached hydrogens (tertiary/aromatic N) is 1. The maximum absolute atomic E-state index is 6.10. The van der Waals surface area contributed by atoms with Gasteiger partial charge in [0.05, 0.1) is 17.9 Å². The van der Waals surface area contributed by atoms with Gasteiger partial charge in [-0.05, 0) is 49.9 Å². The quantitative estimate of drug-likeness (QED) is 0.875. The third-order valence-corrected chi connectivity index (χ3v) is 3.68. The summed E-state index contributed by atoms with van der Waals surface area (Å²) in [5.41, 5.74) is 12.3. The van der Waals surface area contributed by atoms with Gasteiger partial charge >= 0.3 is 0 Å². The summed E-state index contributed by atoms with van der Waals surface area (Å²) in [5.74, 6) is 0.884. The Balaban J connectivity index is 2.35. The molecule has 0 aliphatic carbocycles. The second-order valence-corrected chi connectivity index (χ2v) is 5.33. The zero-order chi connectivity index (χ0) is 14.0. The molecule has 2 rings (SSSR count). The van der Waals surface area contributed by atoms with Crippen LogP contribution in [0.1, 0.15) is 48.3 Å². The van der Waals surface area contributed by atoms with Crippen molar-refractivity contribution in [2.24, 2.45) is 5.73 Å². The number of imidazole rings is 1. The van der Waals surface area contributed by atoms with E-state index < -0.39 is 0 Å². The number of hydrogen-bond donors (Lipinski definition) is 2. The molecule has 3 N–H and O–H groups in total. The Hall–Kier alpha value is -1.61. The summed E-state index contributed by atoms with van der Waals surface area (Å²) in [6, 6.07) is 4.44. The van der Waals surface area contributed by atoms with E-state index in [-0.39, 0.29) is 6.04 Å². The predicted molar refractivity (Wildman–Crippen MR) is 80.1 cm³/mol. The fraction of sp³-hybridized carbons (Fsp3) is 0.438. The molecule has 0 fully saturated rings. The maximum atomic E-state index is 6.10. The molecule has 0 aliphatic rings. The van der Waals surface area contributed by atoms with Crippen LogP contribution in [0.2, 0.25) is 0 Å². The molecule has 3 nitrogen and oxygen atoms in total. The Morgan fingerprint density at radius 2 is 1.84 bits per heavy atom. The number of nitrogens with one attached hydrogen (secondary N) is 1. The van der Waals surface area contributed by atoms with Gasteiger partial charge in [0.2, 0.25) is 0 Å². The Morgan fingerprint density at radius 3 is 2.53 bits per heavy atom. The van der Waals surface area contributed by atoms with Gasteiger partial charge in [-0.1, -0.05) is 19.4 Å². The molecular formula is C16H23N3. The number of nitrogens with two attached hydrogens (primary N) is 1. The van der Waals surface area contributed by atoms with Crippen LogP contribution in [0.3, 0.4) is 0 Å². The summed E-state index contributed by atoms with van der Waals surface area (Å²) in [7, 11) is 0. The molecule has 1 unspecified atom stereocenters. The topological polar surface area (TPSA) is 54.7 Å². The lowest BCUT2D eigenvalue weighted by atomic mass is 9.99. The van der Waals surface area contributed by atoms with E-state index in [1.165, 1.54) is 22.3 Å². The van der Waals surface area contributed by atoms with Gasteiger partial charge in [0, 0.05) is 5.56 Å². The predicted octanol–water partition coefficient (Wildman–Crippen LogP) is 3.80. The van der Waals surface area contributed by atoms with Gasteiger partial charge in [0.1, 0.15) is 5.82 Å². The van der Waals surface area contributed by atoms with Crippen molar-refractivity contribution in [2.45, 2.75) is 46.6 Å². The van der Waals surface area contributed by atoms with E-state index in [1.54, 1.807) is 0 Å². The van der Waals surface area contributed by atoms with Gasteiger partial charge in [0.15, 0.2) is 0 Å². The van der Waals surface area contributed by atoms with Crippen molar-refractivity contribution in [2.75, 3.05) is 0 Å². The van der Waals surface area contributed by atoms with E-state index in [0.29, 0.717) is 0 Å². The molecule has 1 aromatic carbocycles. The van der Waals surface area contributed by atoms with Crippen molar-refractivity contribution in [3.8, 4) is 11.3 Å². The van der Waals surface area contributed by atoms with Crippen molar-refractivity contribution in [1.82, 2.24) is 9.97 Å². The molecule has 1 heterocycles. The fourth-order valence-corrected chi connectivity index (χ4v) is 2.36. The van der Waals surface area contributed by atoms with Crippen molar-refractivity contribution in [3.63, 3.8) is 0 Å². The average molecular weight is 257 g/mol. The number of aromatic amines is 1. The smallest absolute Gasteiger partial charge is 0.123 e. The highest BCUT2D eigenvalue weighted by Crippen LogP contribution is 2.26. The monoisotopic (exact) mass is 257 g/mol. The summed E-state index contributed by atoms with van der Waals surface area (Å²) in [5, 5.41) is 0. The Labute approximate surface area is 115 Å². The SMILES string of the molecule is CCCC(N)c1ncc(-c2cc(C)c(C)cc2C)[nH]1. The van der Waals surface area contributed by atoms with Crippen molar-refractivity contribution < 1.29 is 0 Å². The standard InChI is InChI=1S/C16H23N3/c1-5-6-14(17)16-18-9-15(19-16)13-8-11(3)10(2)7-12(13)4/h7-9,14H,5-6,17H2,1-4H3,(H,18,19). The van der Waals surface area contributed by atoms with Crippen LogP contribution < -0.4 is 5.73 Å². The first-order valence-corrected chi connectivity index (χ1v) is 6.91. The number of H-pyrrole nitrogens is 1. The zero-order valence-corrected chi connectivity index (χ0v) is 12.2. The minimum Gasteiger partial charge on any atom is -0.341 e. The molecule has 1 atom stereocenters. The van der Waals surface area contributed by atoms with Crippen LogP contribution in [0.25, 0.3) is 11.3 Å². The lowest BCUT2D eigenvalue weighted by Gasteiger charge is -2.09. The highest BCUT2D eigenvalue weighted by Gasteiger charge is 2.12. The first-order chi connectivity index (χ1) is 9.02. The van der Waals surface area contributed by atoms with Gasteiger partial charge in [-0.2, -0.15) is 0 Å². The first-order valence-electron chi connectivity index (χ1n) is 6.91. The normalized spacial score (nSPS) is 12.7. The van der Waals surface area contributed by atoms with Gasteiger partial charge in [-0.25, -0.2) is 4.98 Å². The summed E-state index contributed by atoms with van der Waals surface area (Å²) < 4.78 is 0. The number of benzene rings is 1. The van der Waals surface area contributed by atoms with Gasteiger partial charge in [-0.3, -0.25) is 0 Å². The third kappa shape index (κ3) is 2.87. The highest BCUT2D eigenvalue weighted by molar-refractivity contribution is 5.65. The lowest BCUT2D eigenvalue weighted by Crippen LogP contribution is -2.11. The van der Waals surface area contributed by atoms with E-state index >= 15 is 0 Å². The van der Waals surface area contributed by atoms with Gasteiger partial charge in [-0.15, -0.1) is 0 Å². The lowest BCUT2D eigenvalue weighted by molar-refractivity contribution is 0.609. The molecule has 3 heteroatoms. The second-order valence-electron chi connectivity index (χ2n) is 5.33. The molecule has 0 amide bonds. The van der Waals surface area contributed by atoms with E-state index in [2.05, 4.69) is 49.8 Å². The van der Waals surface area contributed by atoms with Crippen LogP contribution >= 0.6 is 0 Å². The molecule has 0 saturated heterocycles. The number of aromatic nitrogens is 2.